The van der Waals surface area contributed by atoms with Gasteiger partial charge in [-0.3, -0.25) is 0 Å². The molecule has 12 heavy (non-hydrogen) atoms. The van der Waals surface area contributed by atoms with E-state index in [0.717, 1.165) is 9.14 Å². The molecule has 62 valence electrons. The minimum atomic E-state index is -0.902. The van der Waals surface area contributed by atoms with Crippen molar-refractivity contribution in [3.8, 4) is 0 Å². The SMILES string of the molecule is C=C(I)c1ccc(C(=O)O)cc1. The summed E-state index contributed by atoms with van der Waals surface area (Å²) >= 11 is 2.10. The van der Waals surface area contributed by atoms with Crippen LogP contribution in [0.1, 0.15) is 15.9 Å². The van der Waals surface area contributed by atoms with Gasteiger partial charge >= 0.3 is 5.97 Å². The Morgan fingerprint density at radius 1 is 1.25 bits per heavy atom. The van der Waals surface area contributed by atoms with E-state index in [2.05, 4.69) is 29.2 Å². The van der Waals surface area contributed by atoms with Crippen LogP contribution in [0.2, 0.25) is 0 Å². The topological polar surface area (TPSA) is 37.3 Å². The van der Waals surface area contributed by atoms with E-state index in [1.807, 2.05) is 0 Å². The molecule has 1 aromatic rings. The van der Waals surface area contributed by atoms with Gasteiger partial charge in [0.15, 0.2) is 0 Å². The molecular weight excluding hydrogens is 267 g/mol. The molecule has 0 bridgehead atoms. The summed E-state index contributed by atoms with van der Waals surface area (Å²) in [6.45, 7) is 3.74. The summed E-state index contributed by atoms with van der Waals surface area (Å²) in [6.07, 6.45) is 0. The van der Waals surface area contributed by atoms with Gasteiger partial charge < -0.3 is 5.11 Å². The molecule has 1 rings (SSSR count). The van der Waals surface area contributed by atoms with Crippen molar-refractivity contribution in [1.29, 1.82) is 0 Å². The maximum absolute atomic E-state index is 10.5. The number of halogens is 1. The summed E-state index contributed by atoms with van der Waals surface area (Å²) in [5.74, 6) is -0.902. The first-order chi connectivity index (χ1) is 5.61. The summed E-state index contributed by atoms with van der Waals surface area (Å²) in [5.41, 5.74) is 1.26. The Kier molecular flexibility index (Phi) is 2.86. The van der Waals surface area contributed by atoms with Crippen LogP contribution in [0.4, 0.5) is 0 Å². The van der Waals surface area contributed by atoms with Crippen molar-refractivity contribution < 1.29 is 9.90 Å². The summed E-state index contributed by atoms with van der Waals surface area (Å²) in [5, 5.41) is 8.59. The molecule has 0 spiro atoms. The third kappa shape index (κ3) is 2.07. The van der Waals surface area contributed by atoms with Crippen LogP contribution in [0.25, 0.3) is 3.58 Å². The van der Waals surface area contributed by atoms with Crippen LogP contribution in [0.15, 0.2) is 30.8 Å². The monoisotopic (exact) mass is 274 g/mol. The van der Waals surface area contributed by atoms with Gasteiger partial charge in [-0.15, -0.1) is 0 Å². The third-order valence-electron chi connectivity index (χ3n) is 1.45. The summed E-state index contributed by atoms with van der Waals surface area (Å²) < 4.78 is 0.907. The molecule has 0 aromatic heterocycles. The van der Waals surface area contributed by atoms with E-state index in [0.29, 0.717) is 5.56 Å². The highest BCUT2D eigenvalue weighted by Gasteiger charge is 2.01. The molecule has 3 heteroatoms. The number of hydrogen-bond acceptors (Lipinski definition) is 1. The molecule has 0 amide bonds. The van der Waals surface area contributed by atoms with Crippen LogP contribution in [0, 0.1) is 0 Å². The molecule has 2 nitrogen and oxygen atoms in total. The van der Waals surface area contributed by atoms with Crippen molar-refractivity contribution >= 4 is 32.1 Å². The molecule has 0 aliphatic heterocycles. The van der Waals surface area contributed by atoms with Crippen molar-refractivity contribution in [2.75, 3.05) is 0 Å². The van der Waals surface area contributed by atoms with Crippen molar-refractivity contribution in [3.05, 3.63) is 42.0 Å². The molecule has 0 saturated carbocycles. The molecule has 0 aliphatic rings. The largest absolute Gasteiger partial charge is 0.478 e. The molecule has 0 saturated heterocycles. The third-order valence-corrected chi connectivity index (χ3v) is 2.07. The first-order valence-electron chi connectivity index (χ1n) is 3.29. The zero-order valence-corrected chi connectivity index (χ0v) is 8.41. The highest BCUT2D eigenvalue weighted by Crippen LogP contribution is 2.19. The highest BCUT2D eigenvalue weighted by molar-refractivity contribution is 14.1. The van der Waals surface area contributed by atoms with Gasteiger partial charge in [0.1, 0.15) is 0 Å². The minimum absolute atomic E-state index is 0.302. The molecular formula is C9H7IO2. The van der Waals surface area contributed by atoms with E-state index < -0.39 is 5.97 Å². The maximum Gasteiger partial charge on any atom is 0.335 e. The van der Waals surface area contributed by atoms with Gasteiger partial charge in [-0.25, -0.2) is 4.79 Å². The Bertz CT molecular complexity index is 281. The number of benzene rings is 1. The quantitative estimate of drug-likeness (QED) is 0.842. The predicted octanol–water partition coefficient (Wildman–Crippen LogP) is 2.79. The molecule has 0 atom stereocenters. The van der Waals surface area contributed by atoms with Gasteiger partial charge in [0.25, 0.3) is 0 Å². The molecule has 0 heterocycles. The van der Waals surface area contributed by atoms with Gasteiger partial charge in [-0.05, 0) is 40.3 Å². The van der Waals surface area contributed by atoms with E-state index in [9.17, 15) is 4.79 Å². The lowest BCUT2D eigenvalue weighted by Gasteiger charge is -1.97. The average Bonchev–Trinajstić information content (AvgIpc) is 2.04. The van der Waals surface area contributed by atoms with Crippen LogP contribution >= 0.6 is 22.6 Å². The Morgan fingerprint density at radius 2 is 1.67 bits per heavy atom. The van der Waals surface area contributed by atoms with E-state index >= 15 is 0 Å². The Labute approximate surface area is 84.1 Å². The lowest BCUT2D eigenvalue weighted by molar-refractivity contribution is 0.0697. The number of rotatable bonds is 2. The number of hydrogen-bond donors (Lipinski definition) is 1. The normalized spacial score (nSPS) is 9.42. The zero-order valence-electron chi connectivity index (χ0n) is 6.25. The van der Waals surface area contributed by atoms with Gasteiger partial charge in [0.05, 0.1) is 5.56 Å². The zero-order chi connectivity index (χ0) is 9.14. The molecule has 1 N–H and O–H groups in total. The maximum atomic E-state index is 10.5. The smallest absolute Gasteiger partial charge is 0.335 e. The van der Waals surface area contributed by atoms with E-state index in [4.69, 9.17) is 5.11 Å². The fraction of sp³-hybridized carbons (Fsp3) is 0. The average molecular weight is 274 g/mol. The van der Waals surface area contributed by atoms with Crippen molar-refractivity contribution in [1.82, 2.24) is 0 Å². The first kappa shape index (κ1) is 9.25. The summed E-state index contributed by atoms with van der Waals surface area (Å²) in [7, 11) is 0. The molecule has 0 radical (unpaired) electrons. The van der Waals surface area contributed by atoms with Crippen LogP contribution in [-0.2, 0) is 0 Å². The summed E-state index contributed by atoms with van der Waals surface area (Å²) in [6, 6.07) is 6.64. The Morgan fingerprint density at radius 3 is 2.00 bits per heavy atom. The van der Waals surface area contributed by atoms with Gasteiger partial charge in [-0.1, -0.05) is 18.7 Å². The first-order valence-corrected chi connectivity index (χ1v) is 4.37. The second kappa shape index (κ2) is 3.71. The molecule has 0 fully saturated rings. The second-order valence-corrected chi connectivity index (χ2v) is 3.59. The van der Waals surface area contributed by atoms with E-state index in [-0.39, 0.29) is 0 Å². The van der Waals surface area contributed by atoms with E-state index in [1.54, 1.807) is 24.3 Å². The summed E-state index contributed by atoms with van der Waals surface area (Å²) in [4.78, 5) is 10.5. The fourth-order valence-electron chi connectivity index (χ4n) is 0.794. The Balaban J connectivity index is 3.01. The van der Waals surface area contributed by atoms with Crippen LogP contribution < -0.4 is 0 Å². The number of carbonyl (C=O) groups is 1. The van der Waals surface area contributed by atoms with E-state index in [1.165, 1.54) is 0 Å². The highest BCUT2D eigenvalue weighted by atomic mass is 127. The van der Waals surface area contributed by atoms with Gasteiger partial charge in [0, 0.05) is 3.58 Å². The minimum Gasteiger partial charge on any atom is -0.478 e. The standard InChI is InChI=1S/C9H7IO2/c1-6(10)7-2-4-8(5-3-7)9(11)12/h2-5H,1H2,(H,11,12). The van der Waals surface area contributed by atoms with Crippen molar-refractivity contribution in [2.45, 2.75) is 0 Å². The molecule has 1 aromatic carbocycles. The van der Waals surface area contributed by atoms with Crippen LogP contribution in [0.3, 0.4) is 0 Å². The van der Waals surface area contributed by atoms with Crippen molar-refractivity contribution in [3.63, 3.8) is 0 Å². The number of carboxylic acids is 1. The lowest BCUT2D eigenvalue weighted by Crippen LogP contribution is -1.94. The molecule has 0 unspecified atom stereocenters. The number of aromatic carboxylic acids is 1. The fourth-order valence-corrected chi connectivity index (χ4v) is 1.15. The second-order valence-electron chi connectivity index (χ2n) is 2.29. The van der Waals surface area contributed by atoms with Gasteiger partial charge in [-0.2, -0.15) is 0 Å². The molecule has 0 aliphatic carbocycles. The lowest BCUT2D eigenvalue weighted by atomic mass is 10.1. The van der Waals surface area contributed by atoms with Crippen molar-refractivity contribution in [2.24, 2.45) is 0 Å². The predicted molar refractivity (Wildman–Crippen MR) is 56.5 cm³/mol. The Hall–Kier alpha value is -0.840. The number of carboxylic acid groups (broad SMARTS) is 1. The van der Waals surface area contributed by atoms with Crippen LogP contribution in [-0.4, -0.2) is 11.1 Å². The van der Waals surface area contributed by atoms with Crippen LogP contribution in [0.5, 0.6) is 0 Å². The van der Waals surface area contributed by atoms with Gasteiger partial charge in [0.2, 0.25) is 0 Å².